The zero-order valence-corrected chi connectivity index (χ0v) is 17.6. The molecule has 11 nitrogen and oxygen atoms in total. The van der Waals surface area contributed by atoms with Gasteiger partial charge in [0.1, 0.15) is 11.9 Å². The minimum absolute atomic E-state index is 0.0356. The average Bonchev–Trinajstić information content (AvgIpc) is 3.32. The third kappa shape index (κ3) is 6.07. The first-order valence-corrected chi connectivity index (χ1v) is 11.3. The Bertz CT molecular complexity index is 960. The third-order valence-corrected chi connectivity index (χ3v) is 5.45. The number of H-pyrrole nitrogens is 1. The summed E-state index contributed by atoms with van der Waals surface area (Å²) in [5.41, 5.74) is 1.19. The maximum atomic E-state index is 11.8. The minimum atomic E-state index is -3.78. The number of ether oxygens (including phenoxy) is 1. The molecule has 1 fully saturated rings. The molecule has 12 heteroatoms. The molecule has 0 saturated heterocycles. The maximum absolute atomic E-state index is 11.8. The van der Waals surface area contributed by atoms with E-state index in [0.717, 1.165) is 25.0 Å². The summed E-state index contributed by atoms with van der Waals surface area (Å²) in [5, 5.41) is 21.8. The second-order valence-corrected chi connectivity index (χ2v) is 9.14. The van der Waals surface area contributed by atoms with Crippen molar-refractivity contribution in [2.24, 2.45) is 0 Å². The predicted molar refractivity (Wildman–Crippen MR) is 111 cm³/mol. The molecule has 0 spiro atoms. The van der Waals surface area contributed by atoms with Crippen molar-refractivity contribution in [2.75, 3.05) is 16.0 Å². The van der Waals surface area contributed by atoms with Crippen LogP contribution < -0.4 is 15.4 Å². The number of alkyl carbamates (subject to hydrolysis) is 1. The number of hydrogen-bond donors (Lipinski definition) is 5. The van der Waals surface area contributed by atoms with E-state index in [4.69, 9.17) is 9.84 Å². The van der Waals surface area contributed by atoms with E-state index < -0.39 is 22.1 Å². The van der Waals surface area contributed by atoms with Gasteiger partial charge in [-0.15, -0.1) is 0 Å². The molecule has 2 aromatic heterocycles. The summed E-state index contributed by atoms with van der Waals surface area (Å²) in [7, 11) is -3.78. The summed E-state index contributed by atoms with van der Waals surface area (Å²) >= 11 is 0. The van der Waals surface area contributed by atoms with Crippen LogP contribution in [0.2, 0.25) is 0 Å². The predicted octanol–water partition coefficient (Wildman–Crippen LogP) is 2.01. The summed E-state index contributed by atoms with van der Waals surface area (Å²) < 4.78 is 30.4. The molecule has 0 aromatic carbocycles. The smallest absolute Gasteiger partial charge is 0.407 e. The monoisotopic (exact) mass is 438 g/mol. The fourth-order valence-electron chi connectivity index (χ4n) is 3.23. The molecule has 30 heavy (non-hydrogen) atoms. The van der Waals surface area contributed by atoms with Gasteiger partial charge in [0, 0.05) is 23.7 Å². The minimum Gasteiger partial charge on any atom is -0.446 e. The van der Waals surface area contributed by atoms with Gasteiger partial charge in [-0.2, -0.15) is 5.10 Å². The highest BCUT2D eigenvalue weighted by molar-refractivity contribution is 7.92. The number of aliphatic hydroxyl groups is 1. The fraction of sp³-hybridized carbons (Fsp3) is 0.500. The SMILES string of the molecule is CC(C)NC(=O)O[C@H]1CC[C@@H](c2cc(Nc3ccc(NS(=O)(=O)CO)cn3)n[nH]2)C1. The van der Waals surface area contributed by atoms with Crippen molar-refractivity contribution in [3.8, 4) is 0 Å². The number of rotatable bonds is 8. The molecular weight excluding hydrogens is 412 g/mol. The molecule has 0 unspecified atom stereocenters. The van der Waals surface area contributed by atoms with Crippen molar-refractivity contribution in [3.63, 3.8) is 0 Å². The van der Waals surface area contributed by atoms with E-state index in [1.54, 1.807) is 6.07 Å². The van der Waals surface area contributed by atoms with Crippen LogP contribution in [0.4, 0.5) is 22.1 Å². The van der Waals surface area contributed by atoms with Crippen LogP contribution in [0.15, 0.2) is 24.4 Å². The fourth-order valence-corrected chi connectivity index (χ4v) is 3.78. The third-order valence-electron chi connectivity index (χ3n) is 4.57. The number of carbonyl (C=O) groups is 1. The molecule has 2 aromatic rings. The molecule has 0 bridgehead atoms. The zero-order valence-electron chi connectivity index (χ0n) is 16.8. The average molecular weight is 439 g/mol. The van der Waals surface area contributed by atoms with Crippen LogP contribution in [0.5, 0.6) is 0 Å². The van der Waals surface area contributed by atoms with Crippen molar-refractivity contribution in [3.05, 3.63) is 30.1 Å². The Morgan fingerprint density at radius 1 is 1.33 bits per heavy atom. The van der Waals surface area contributed by atoms with Crippen LogP contribution >= 0.6 is 0 Å². The Kier molecular flexibility index (Phi) is 6.77. The van der Waals surface area contributed by atoms with Gasteiger partial charge in [-0.1, -0.05) is 0 Å². The molecule has 0 radical (unpaired) electrons. The van der Waals surface area contributed by atoms with Crippen molar-refractivity contribution in [1.82, 2.24) is 20.5 Å². The topological polar surface area (TPSA) is 158 Å². The molecule has 2 heterocycles. The van der Waals surface area contributed by atoms with Gasteiger partial charge in [0.2, 0.25) is 0 Å². The number of sulfonamides is 1. The van der Waals surface area contributed by atoms with Crippen molar-refractivity contribution in [1.29, 1.82) is 0 Å². The highest BCUT2D eigenvalue weighted by atomic mass is 32.2. The maximum Gasteiger partial charge on any atom is 0.407 e. The first-order valence-electron chi connectivity index (χ1n) is 9.61. The Morgan fingerprint density at radius 2 is 2.13 bits per heavy atom. The standard InChI is InChI=1S/C18H26N6O5S/c1-11(2)20-18(26)29-14-5-3-12(7-14)15-8-17(23-22-15)21-16-6-4-13(9-19-16)24-30(27,28)10-25/h4,6,8-9,11-12,14,24-25H,3,5,7,10H2,1-2H3,(H,20,26)(H2,19,21,22,23)/t12-,14+/m1/s1. The molecule has 5 N–H and O–H groups in total. The van der Waals surface area contributed by atoms with E-state index in [0.29, 0.717) is 11.6 Å². The van der Waals surface area contributed by atoms with E-state index in [1.807, 2.05) is 19.9 Å². The van der Waals surface area contributed by atoms with Crippen LogP contribution in [0, 0.1) is 0 Å². The Morgan fingerprint density at radius 3 is 2.80 bits per heavy atom. The first kappa shape index (κ1) is 21.8. The molecule has 3 rings (SSSR count). The van der Waals surface area contributed by atoms with Gasteiger partial charge >= 0.3 is 6.09 Å². The van der Waals surface area contributed by atoms with Crippen molar-refractivity contribution in [2.45, 2.75) is 51.2 Å². The largest absolute Gasteiger partial charge is 0.446 e. The molecular formula is C18H26N6O5S. The summed E-state index contributed by atoms with van der Waals surface area (Å²) in [6, 6.07) is 5.03. The van der Waals surface area contributed by atoms with Gasteiger partial charge in [0.05, 0.1) is 11.9 Å². The Hall–Kier alpha value is -2.86. The van der Waals surface area contributed by atoms with Crippen LogP contribution in [0.1, 0.15) is 44.7 Å². The normalized spacial score (nSPS) is 18.9. The lowest BCUT2D eigenvalue weighted by atomic mass is 10.0. The Balaban J connectivity index is 1.54. The number of hydrogen-bond acceptors (Lipinski definition) is 8. The Labute approximate surface area is 174 Å². The van der Waals surface area contributed by atoms with Crippen molar-refractivity contribution >= 4 is 33.4 Å². The lowest BCUT2D eigenvalue weighted by molar-refractivity contribution is 0.0981. The molecule has 1 aliphatic carbocycles. The van der Waals surface area contributed by atoms with E-state index in [-0.39, 0.29) is 23.8 Å². The number of aromatic amines is 1. The van der Waals surface area contributed by atoms with Crippen LogP contribution in [-0.4, -0.2) is 52.9 Å². The van der Waals surface area contributed by atoms with Gasteiger partial charge < -0.3 is 20.5 Å². The number of anilines is 3. The lowest BCUT2D eigenvalue weighted by Gasteiger charge is -2.14. The number of aromatic nitrogens is 3. The zero-order chi connectivity index (χ0) is 21.7. The van der Waals surface area contributed by atoms with E-state index in [1.165, 1.54) is 12.3 Å². The summed E-state index contributed by atoms with van der Waals surface area (Å²) in [6.45, 7) is 3.77. The first-order chi connectivity index (χ1) is 14.2. The quantitative estimate of drug-likeness (QED) is 0.419. The van der Waals surface area contributed by atoms with Gasteiger partial charge in [-0.3, -0.25) is 9.82 Å². The highest BCUT2D eigenvalue weighted by Crippen LogP contribution is 2.36. The van der Waals surface area contributed by atoms with E-state index >= 15 is 0 Å². The molecule has 164 valence electrons. The summed E-state index contributed by atoms with van der Waals surface area (Å²) in [6.07, 6.45) is 3.24. The molecule has 1 saturated carbocycles. The number of nitrogens with zero attached hydrogens (tertiary/aromatic N) is 2. The summed E-state index contributed by atoms with van der Waals surface area (Å²) in [4.78, 5) is 15.9. The molecule has 0 aliphatic heterocycles. The summed E-state index contributed by atoms with van der Waals surface area (Å²) in [5.74, 6) is 0.271. The van der Waals surface area contributed by atoms with E-state index in [2.05, 4.69) is 30.5 Å². The number of carbonyl (C=O) groups excluding carboxylic acids is 1. The van der Waals surface area contributed by atoms with Gasteiger partial charge in [-0.05, 0) is 45.2 Å². The van der Waals surface area contributed by atoms with Gasteiger partial charge in [0.25, 0.3) is 10.0 Å². The lowest BCUT2D eigenvalue weighted by Crippen LogP contribution is -2.33. The second-order valence-electron chi connectivity index (χ2n) is 7.45. The number of nitrogens with one attached hydrogen (secondary N) is 4. The second kappa shape index (κ2) is 9.30. The number of amides is 1. The molecule has 1 amide bonds. The molecule has 2 atom stereocenters. The highest BCUT2D eigenvalue weighted by Gasteiger charge is 2.30. The van der Waals surface area contributed by atoms with Crippen LogP contribution in [0.3, 0.4) is 0 Å². The van der Waals surface area contributed by atoms with Crippen LogP contribution in [0.25, 0.3) is 0 Å². The van der Waals surface area contributed by atoms with E-state index in [9.17, 15) is 13.2 Å². The number of aliphatic hydroxyl groups excluding tert-OH is 1. The molecule has 1 aliphatic rings. The van der Waals surface area contributed by atoms with Crippen molar-refractivity contribution < 1.29 is 23.1 Å². The van der Waals surface area contributed by atoms with Gasteiger partial charge in [-0.25, -0.2) is 18.2 Å². The van der Waals surface area contributed by atoms with Gasteiger partial charge in [0.15, 0.2) is 11.8 Å². The van der Waals surface area contributed by atoms with Crippen LogP contribution in [-0.2, 0) is 14.8 Å². The number of pyridine rings is 1.